The molecule has 6 nitrogen and oxygen atoms in total. The Labute approximate surface area is 140 Å². The van der Waals surface area contributed by atoms with Crippen molar-refractivity contribution in [2.45, 2.75) is 12.8 Å². The topological polar surface area (TPSA) is 80.3 Å². The summed E-state index contributed by atoms with van der Waals surface area (Å²) in [6.07, 6.45) is 3.05. The minimum Gasteiger partial charge on any atom is -0.496 e. The fourth-order valence-corrected chi connectivity index (χ4v) is 2.83. The van der Waals surface area contributed by atoms with Gasteiger partial charge >= 0.3 is 0 Å². The third kappa shape index (κ3) is 3.08. The minimum absolute atomic E-state index is 0.0479. The highest BCUT2D eigenvalue weighted by molar-refractivity contribution is 5.97. The summed E-state index contributed by atoms with van der Waals surface area (Å²) in [5.74, 6) is 0.497. The summed E-state index contributed by atoms with van der Waals surface area (Å²) in [5.41, 5.74) is 3.94. The van der Waals surface area contributed by atoms with Crippen LogP contribution in [0.5, 0.6) is 5.75 Å². The Bertz CT molecular complexity index is 785. The Morgan fingerprint density at radius 2 is 2.21 bits per heavy atom. The van der Waals surface area contributed by atoms with Crippen molar-refractivity contribution < 1.29 is 14.3 Å². The van der Waals surface area contributed by atoms with E-state index in [1.807, 2.05) is 18.2 Å². The molecular formula is C18H19N3O3. The number of carbonyl (C=O) groups excluding carboxylic acids is 2. The Morgan fingerprint density at radius 1 is 1.38 bits per heavy atom. The van der Waals surface area contributed by atoms with Gasteiger partial charge in [-0.3, -0.25) is 14.6 Å². The Hall–Kier alpha value is -2.89. The van der Waals surface area contributed by atoms with Crippen LogP contribution in [0, 0.1) is 0 Å². The largest absolute Gasteiger partial charge is 0.496 e. The van der Waals surface area contributed by atoms with Crippen molar-refractivity contribution in [2.75, 3.05) is 20.7 Å². The van der Waals surface area contributed by atoms with Gasteiger partial charge in [-0.1, -0.05) is 6.07 Å². The summed E-state index contributed by atoms with van der Waals surface area (Å²) in [7, 11) is 3.20. The quantitative estimate of drug-likeness (QED) is 0.889. The first-order valence-corrected chi connectivity index (χ1v) is 7.77. The number of aromatic nitrogens is 1. The molecule has 0 saturated heterocycles. The highest BCUT2D eigenvalue weighted by Gasteiger charge is 2.20. The van der Waals surface area contributed by atoms with Crippen molar-refractivity contribution in [3.63, 3.8) is 0 Å². The van der Waals surface area contributed by atoms with Gasteiger partial charge in [-0.25, -0.2) is 0 Å². The van der Waals surface area contributed by atoms with Gasteiger partial charge in [0.1, 0.15) is 11.4 Å². The van der Waals surface area contributed by atoms with Crippen molar-refractivity contribution in [1.82, 2.24) is 15.6 Å². The fraction of sp³-hybridized carbons (Fsp3) is 0.278. The SMILES string of the molecule is CNC(=O)c1ccc(Cc2cc3c(cc2OC)CCNC3=O)cn1. The number of rotatable bonds is 4. The molecule has 24 heavy (non-hydrogen) atoms. The predicted molar refractivity (Wildman–Crippen MR) is 89.5 cm³/mol. The summed E-state index contributed by atoms with van der Waals surface area (Å²) >= 11 is 0. The zero-order valence-electron chi connectivity index (χ0n) is 13.7. The molecule has 6 heteroatoms. The molecule has 3 rings (SSSR count). The van der Waals surface area contributed by atoms with E-state index in [9.17, 15) is 9.59 Å². The van der Waals surface area contributed by atoms with E-state index in [1.54, 1.807) is 26.4 Å². The molecule has 0 aliphatic carbocycles. The van der Waals surface area contributed by atoms with Crippen LogP contribution in [-0.2, 0) is 12.8 Å². The molecule has 0 saturated carbocycles. The lowest BCUT2D eigenvalue weighted by Gasteiger charge is -2.19. The Kier molecular flexibility index (Phi) is 4.46. The van der Waals surface area contributed by atoms with E-state index < -0.39 is 0 Å². The highest BCUT2D eigenvalue weighted by atomic mass is 16.5. The van der Waals surface area contributed by atoms with Gasteiger partial charge in [-0.15, -0.1) is 0 Å². The maximum atomic E-state index is 12.0. The first kappa shape index (κ1) is 16.0. The van der Waals surface area contributed by atoms with Crippen molar-refractivity contribution in [2.24, 2.45) is 0 Å². The van der Waals surface area contributed by atoms with Crippen LogP contribution in [0.15, 0.2) is 30.5 Å². The minimum atomic E-state index is -0.218. The predicted octanol–water partition coefficient (Wildman–Crippen LogP) is 1.33. The maximum absolute atomic E-state index is 12.0. The maximum Gasteiger partial charge on any atom is 0.269 e. The molecule has 1 aliphatic rings. The number of benzene rings is 1. The third-order valence-electron chi connectivity index (χ3n) is 4.11. The molecule has 2 heterocycles. The molecule has 2 N–H and O–H groups in total. The van der Waals surface area contributed by atoms with E-state index in [0.29, 0.717) is 24.2 Å². The van der Waals surface area contributed by atoms with Crippen LogP contribution >= 0.6 is 0 Å². The van der Waals surface area contributed by atoms with Gasteiger partial charge in [0.15, 0.2) is 0 Å². The fourth-order valence-electron chi connectivity index (χ4n) is 2.83. The van der Waals surface area contributed by atoms with Crippen molar-refractivity contribution in [3.8, 4) is 5.75 Å². The number of amides is 2. The standard InChI is InChI=1S/C18H19N3O3/c1-19-18(23)15-4-3-11(10-21-15)7-13-8-14-12(9-16(13)24-2)5-6-20-17(14)22/h3-4,8-10H,5-7H2,1-2H3,(H,19,23)(H,20,22). The van der Waals surface area contributed by atoms with E-state index in [4.69, 9.17) is 4.74 Å². The molecule has 124 valence electrons. The second-order valence-electron chi connectivity index (χ2n) is 5.63. The van der Waals surface area contributed by atoms with Gasteiger partial charge in [0, 0.05) is 31.8 Å². The van der Waals surface area contributed by atoms with Crippen LogP contribution in [0.25, 0.3) is 0 Å². The van der Waals surface area contributed by atoms with Crippen molar-refractivity contribution >= 4 is 11.8 Å². The van der Waals surface area contributed by atoms with Crippen LogP contribution in [0.2, 0.25) is 0 Å². The first-order valence-electron chi connectivity index (χ1n) is 7.77. The number of pyridine rings is 1. The first-order chi connectivity index (χ1) is 11.6. The molecule has 0 atom stereocenters. The van der Waals surface area contributed by atoms with Crippen LogP contribution in [0.1, 0.15) is 37.5 Å². The zero-order chi connectivity index (χ0) is 17.1. The van der Waals surface area contributed by atoms with E-state index in [1.165, 1.54) is 0 Å². The highest BCUT2D eigenvalue weighted by Crippen LogP contribution is 2.27. The van der Waals surface area contributed by atoms with Gasteiger partial charge in [-0.05, 0) is 41.3 Å². The van der Waals surface area contributed by atoms with Crippen LogP contribution in [-0.4, -0.2) is 37.5 Å². The second-order valence-corrected chi connectivity index (χ2v) is 5.63. The molecule has 1 aromatic heterocycles. The Balaban J connectivity index is 1.90. The number of hydrogen-bond acceptors (Lipinski definition) is 4. The van der Waals surface area contributed by atoms with Crippen LogP contribution < -0.4 is 15.4 Å². The number of nitrogens with zero attached hydrogens (tertiary/aromatic N) is 1. The number of nitrogens with one attached hydrogen (secondary N) is 2. The van der Waals surface area contributed by atoms with E-state index in [0.717, 1.165) is 28.9 Å². The average molecular weight is 325 g/mol. The average Bonchev–Trinajstić information content (AvgIpc) is 2.62. The van der Waals surface area contributed by atoms with Gasteiger partial charge < -0.3 is 15.4 Å². The van der Waals surface area contributed by atoms with Gasteiger partial charge in [0.05, 0.1) is 7.11 Å². The number of ether oxygens (including phenoxy) is 1. The summed E-state index contributed by atoms with van der Waals surface area (Å²) in [4.78, 5) is 27.7. The van der Waals surface area contributed by atoms with Gasteiger partial charge in [0.25, 0.3) is 11.8 Å². The lowest BCUT2D eigenvalue weighted by Crippen LogP contribution is -2.32. The molecule has 0 spiro atoms. The summed E-state index contributed by atoms with van der Waals surface area (Å²) < 4.78 is 5.48. The molecule has 0 unspecified atom stereocenters. The molecule has 0 radical (unpaired) electrons. The van der Waals surface area contributed by atoms with E-state index in [2.05, 4.69) is 15.6 Å². The molecule has 0 fully saturated rings. The molecule has 1 aliphatic heterocycles. The zero-order valence-corrected chi connectivity index (χ0v) is 13.7. The molecule has 1 aromatic carbocycles. The van der Waals surface area contributed by atoms with Crippen molar-refractivity contribution in [3.05, 3.63) is 58.4 Å². The molecule has 2 aromatic rings. The molecule has 0 bridgehead atoms. The molecular weight excluding hydrogens is 306 g/mol. The summed E-state index contributed by atoms with van der Waals surface area (Å²) in [5, 5.41) is 5.40. The second kappa shape index (κ2) is 6.70. The summed E-state index contributed by atoms with van der Waals surface area (Å²) in [6.45, 7) is 0.652. The van der Waals surface area contributed by atoms with E-state index in [-0.39, 0.29) is 11.8 Å². The number of carbonyl (C=O) groups is 2. The monoisotopic (exact) mass is 325 g/mol. The normalized spacial score (nSPS) is 13.0. The smallest absolute Gasteiger partial charge is 0.269 e. The van der Waals surface area contributed by atoms with Crippen LogP contribution in [0.3, 0.4) is 0 Å². The number of methoxy groups -OCH3 is 1. The summed E-state index contributed by atoms with van der Waals surface area (Å²) in [6, 6.07) is 7.37. The van der Waals surface area contributed by atoms with Crippen LogP contribution in [0.4, 0.5) is 0 Å². The Morgan fingerprint density at radius 3 is 2.88 bits per heavy atom. The lowest BCUT2D eigenvalue weighted by molar-refractivity contribution is 0.0941. The van der Waals surface area contributed by atoms with E-state index >= 15 is 0 Å². The molecule has 2 amide bonds. The third-order valence-corrected chi connectivity index (χ3v) is 4.11. The number of hydrogen-bond donors (Lipinski definition) is 2. The number of fused-ring (bicyclic) bond motifs is 1. The van der Waals surface area contributed by atoms with Gasteiger partial charge in [-0.2, -0.15) is 0 Å². The lowest BCUT2D eigenvalue weighted by atomic mass is 9.94. The van der Waals surface area contributed by atoms with Crippen molar-refractivity contribution in [1.29, 1.82) is 0 Å². The van der Waals surface area contributed by atoms with Gasteiger partial charge in [0.2, 0.25) is 0 Å².